The van der Waals surface area contributed by atoms with Gasteiger partial charge in [0.05, 0.1) is 5.56 Å². The van der Waals surface area contributed by atoms with Crippen LogP contribution in [0.5, 0.6) is 0 Å². The molecular weight excluding hydrogens is 280 g/mol. The number of likely N-dealkylation sites (tertiary alicyclic amines) is 1. The van der Waals surface area contributed by atoms with E-state index in [0.29, 0.717) is 10.9 Å². The Kier molecular flexibility index (Phi) is 5.53. The van der Waals surface area contributed by atoms with E-state index >= 15 is 0 Å². The van der Waals surface area contributed by atoms with E-state index in [1.165, 1.54) is 25.9 Å². The van der Waals surface area contributed by atoms with Crippen molar-refractivity contribution in [3.05, 3.63) is 23.0 Å². The lowest BCUT2D eigenvalue weighted by Crippen LogP contribution is -2.29. The zero-order chi connectivity index (χ0) is 15.4. The predicted octanol–water partition coefficient (Wildman–Crippen LogP) is 2.48. The van der Waals surface area contributed by atoms with Gasteiger partial charge in [0.25, 0.3) is 0 Å². The molecule has 0 amide bonds. The van der Waals surface area contributed by atoms with Crippen LogP contribution in [0.2, 0.25) is 0 Å². The number of nitrogens with zero attached hydrogens (tertiary/aromatic N) is 2. The molecule has 1 aromatic heterocycles. The Bertz CT molecular complexity index is 509. The molecule has 1 aliphatic rings. The van der Waals surface area contributed by atoms with Crippen molar-refractivity contribution in [3.63, 3.8) is 0 Å². The molecule has 0 aliphatic carbocycles. The number of thiocarbonyl (C=S) groups is 1. The molecule has 0 radical (unpaired) electrons. The Morgan fingerprint density at radius 1 is 1.43 bits per heavy atom. The van der Waals surface area contributed by atoms with Crippen LogP contribution >= 0.6 is 12.2 Å². The Morgan fingerprint density at radius 3 is 2.71 bits per heavy atom. The van der Waals surface area contributed by atoms with E-state index in [9.17, 15) is 0 Å². The van der Waals surface area contributed by atoms with E-state index in [4.69, 9.17) is 18.0 Å². The average molecular weight is 306 g/mol. The maximum atomic E-state index is 5.85. The molecule has 21 heavy (non-hydrogen) atoms. The van der Waals surface area contributed by atoms with Crippen LogP contribution in [0.3, 0.4) is 0 Å². The molecule has 4 nitrogen and oxygen atoms in total. The van der Waals surface area contributed by atoms with E-state index in [1.54, 1.807) is 0 Å². The first-order chi connectivity index (χ1) is 9.97. The predicted molar refractivity (Wildman–Crippen MR) is 92.9 cm³/mol. The van der Waals surface area contributed by atoms with Crippen molar-refractivity contribution >= 4 is 22.9 Å². The molecule has 2 heterocycles. The number of nitrogens with one attached hydrogen (secondary N) is 1. The van der Waals surface area contributed by atoms with Crippen LogP contribution in [-0.4, -0.2) is 41.1 Å². The van der Waals surface area contributed by atoms with Gasteiger partial charge in [0.1, 0.15) is 4.99 Å². The van der Waals surface area contributed by atoms with Gasteiger partial charge >= 0.3 is 0 Å². The number of aryl methyl sites for hydroxylation is 2. The molecule has 0 saturated carbocycles. The van der Waals surface area contributed by atoms with Crippen LogP contribution < -0.4 is 11.1 Å². The van der Waals surface area contributed by atoms with Gasteiger partial charge in [0.2, 0.25) is 0 Å². The van der Waals surface area contributed by atoms with Crippen LogP contribution in [0.25, 0.3) is 0 Å². The van der Waals surface area contributed by atoms with E-state index in [1.807, 2.05) is 19.9 Å². The second kappa shape index (κ2) is 7.18. The average Bonchev–Trinajstić information content (AvgIpc) is 2.87. The fraction of sp³-hybridized carbons (Fsp3) is 0.625. The summed E-state index contributed by atoms with van der Waals surface area (Å²) in [6.45, 7) is 10.8. The summed E-state index contributed by atoms with van der Waals surface area (Å²) >= 11 is 5.17. The van der Waals surface area contributed by atoms with Gasteiger partial charge in [-0.05, 0) is 51.8 Å². The number of anilines is 1. The molecule has 1 unspecified atom stereocenters. The molecule has 0 bridgehead atoms. The highest BCUT2D eigenvalue weighted by Crippen LogP contribution is 2.20. The van der Waals surface area contributed by atoms with Crippen molar-refractivity contribution in [1.82, 2.24) is 9.88 Å². The highest BCUT2D eigenvalue weighted by molar-refractivity contribution is 7.80. The van der Waals surface area contributed by atoms with Crippen LogP contribution in [0.15, 0.2) is 6.07 Å². The summed E-state index contributed by atoms with van der Waals surface area (Å²) in [7, 11) is 0. The summed E-state index contributed by atoms with van der Waals surface area (Å²) in [5.41, 5.74) is 9.63. The van der Waals surface area contributed by atoms with Gasteiger partial charge in [-0.15, -0.1) is 0 Å². The van der Waals surface area contributed by atoms with E-state index in [0.717, 1.165) is 35.7 Å². The molecule has 1 aliphatic heterocycles. The van der Waals surface area contributed by atoms with Crippen molar-refractivity contribution < 1.29 is 0 Å². The highest BCUT2D eigenvalue weighted by atomic mass is 32.1. The van der Waals surface area contributed by atoms with Crippen LogP contribution in [0.1, 0.15) is 36.7 Å². The highest BCUT2D eigenvalue weighted by Gasteiger charge is 2.16. The Balaban J connectivity index is 2.00. The Morgan fingerprint density at radius 2 is 2.10 bits per heavy atom. The van der Waals surface area contributed by atoms with E-state index < -0.39 is 0 Å². The molecule has 1 atom stereocenters. The van der Waals surface area contributed by atoms with Crippen molar-refractivity contribution in [3.8, 4) is 0 Å². The molecule has 0 aromatic carbocycles. The first kappa shape index (κ1) is 16.2. The zero-order valence-corrected chi connectivity index (χ0v) is 14.1. The van der Waals surface area contributed by atoms with Gasteiger partial charge in [0, 0.05) is 30.2 Å². The molecule has 1 fully saturated rings. The number of aromatic nitrogens is 1. The Hall–Kier alpha value is -1.20. The summed E-state index contributed by atoms with van der Waals surface area (Å²) in [6.07, 6.45) is 2.68. The van der Waals surface area contributed by atoms with Gasteiger partial charge < -0.3 is 16.0 Å². The maximum Gasteiger partial charge on any atom is 0.107 e. The minimum absolute atomic E-state index is 0.412. The van der Waals surface area contributed by atoms with Gasteiger partial charge in [-0.3, -0.25) is 4.98 Å². The van der Waals surface area contributed by atoms with Crippen LogP contribution in [-0.2, 0) is 0 Å². The van der Waals surface area contributed by atoms with E-state index in [-0.39, 0.29) is 0 Å². The normalized spacial score (nSPS) is 16.9. The lowest BCUT2D eigenvalue weighted by Gasteiger charge is -2.22. The third kappa shape index (κ3) is 4.38. The van der Waals surface area contributed by atoms with Crippen molar-refractivity contribution in [2.45, 2.75) is 33.6 Å². The molecule has 0 spiro atoms. The molecule has 3 N–H and O–H groups in total. The number of rotatable bonds is 6. The second-order valence-electron chi connectivity index (χ2n) is 6.13. The SMILES string of the molecule is Cc1cc(NCC(C)CN2CCCC2)c(C(N)=S)c(C)n1. The topological polar surface area (TPSA) is 54.2 Å². The fourth-order valence-corrected chi connectivity index (χ4v) is 3.29. The van der Waals surface area contributed by atoms with Gasteiger partial charge in [-0.1, -0.05) is 19.1 Å². The maximum absolute atomic E-state index is 5.85. The summed E-state index contributed by atoms with van der Waals surface area (Å²) in [6, 6.07) is 2.03. The monoisotopic (exact) mass is 306 g/mol. The van der Waals surface area contributed by atoms with Crippen molar-refractivity contribution in [2.75, 3.05) is 31.5 Å². The molecule has 2 rings (SSSR count). The summed E-state index contributed by atoms with van der Waals surface area (Å²) in [5.74, 6) is 0.594. The van der Waals surface area contributed by atoms with Gasteiger partial charge in [-0.25, -0.2) is 0 Å². The molecule has 1 saturated heterocycles. The fourth-order valence-electron chi connectivity index (χ4n) is 3.03. The molecule has 5 heteroatoms. The number of nitrogens with two attached hydrogens (primary N) is 1. The number of pyridine rings is 1. The van der Waals surface area contributed by atoms with Crippen molar-refractivity contribution in [1.29, 1.82) is 0 Å². The zero-order valence-electron chi connectivity index (χ0n) is 13.3. The Labute approximate surface area is 133 Å². The summed E-state index contributed by atoms with van der Waals surface area (Å²) < 4.78 is 0. The largest absolute Gasteiger partial charge is 0.389 e. The minimum atomic E-state index is 0.412. The minimum Gasteiger partial charge on any atom is -0.389 e. The molecular formula is C16H26N4S. The van der Waals surface area contributed by atoms with E-state index in [2.05, 4.69) is 22.1 Å². The molecule has 116 valence electrons. The quantitative estimate of drug-likeness (QED) is 0.791. The summed E-state index contributed by atoms with van der Waals surface area (Å²) in [4.78, 5) is 7.41. The van der Waals surface area contributed by atoms with Crippen molar-refractivity contribution in [2.24, 2.45) is 11.7 Å². The van der Waals surface area contributed by atoms with Gasteiger partial charge in [-0.2, -0.15) is 0 Å². The third-order valence-electron chi connectivity index (χ3n) is 3.98. The smallest absolute Gasteiger partial charge is 0.107 e. The summed E-state index contributed by atoms with van der Waals surface area (Å²) in [5, 5.41) is 3.52. The second-order valence-corrected chi connectivity index (χ2v) is 6.57. The lowest BCUT2D eigenvalue weighted by atomic mass is 10.1. The molecule has 1 aromatic rings. The number of hydrogen-bond acceptors (Lipinski definition) is 4. The lowest BCUT2D eigenvalue weighted by molar-refractivity contribution is 0.294. The number of hydrogen-bond donors (Lipinski definition) is 2. The standard InChI is InChI=1S/C16H26N4S/c1-11(10-20-6-4-5-7-20)9-18-14-8-12(2)19-13(3)15(14)16(17)21/h8,11H,4-7,9-10H2,1-3H3,(H2,17,21)(H,18,19). The van der Waals surface area contributed by atoms with Crippen LogP contribution in [0.4, 0.5) is 5.69 Å². The first-order valence-electron chi connectivity index (χ1n) is 7.71. The third-order valence-corrected chi connectivity index (χ3v) is 4.19. The van der Waals surface area contributed by atoms with Crippen LogP contribution in [0, 0.1) is 19.8 Å². The first-order valence-corrected chi connectivity index (χ1v) is 8.12. The van der Waals surface area contributed by atoms with Gasteiger partial charge in [0.15, 0.2) is 0 Å².